The molecule has 1 amide bonds. The molecule has 0 saturated carbocycles. The Kier molecular flexibility index (Phi) is 5.18. The van der Waals surface area contributed by atoms with Gasteiger partial charge in [-0.25, -0.2) is 0 Å². The molecule has 1 aromatic rings. The van der Waals surface area contributed by atoms with Gasteiger partial charge in [-0.15, -0.1) is 0 Å². The molecular formula is C15H22BrN3O. The molecule has 1 fully saturated rings. The highest BCUT2D eigenvalue weighted by molar-refractivity contribution is 9.10. The van der Waals surface area contributed by atoms with Gasteiger partial charge in [-0.2, -0.15) is 0 Å². The van der Waals surface area contributed by atoms with Gasteiger partial charge in [0.1, 0.15) is 0 Å². The van der Waals surface area contributed by atoms with Crippen molar-refractivity contribution in [3.63, 3.8) is 0 Å². The number of anilines is 1. The molecule has 1 aromatic carbocycles. The van der Waals surface area contributed by atoms with E-state index in [1.54, 1.807) is 0 Å². The lowest BCUT2D eigenvalue weighted by atomic mass is 10.1. The molecule has 1 aliphatic heterocycles. The van der Waals surface area contributed by atoms with Crippen LogP contribution in [0.5, 0.6) is 0 Å². The minimum absolute atomic E-state index is 0.0431. The van der Waals surface area contributed by atoms with Gasteiger partial charge >= 0.3 is 0 Å². The van der Waals surface area contributed by atoms with Crippen LogP contribution in [-0.4, -0.2) is 36.5 Å². The summed E-state index contributed by atoms with van der Waals surface area (Å²) in [4.78, 5) is 14.2. The number of nitrogens with zero attached hydrogens (tertiary/aromatic N) is 1. The molecular weight excluding hydrogens is 318 g/mol. The Morgan fingerprint density at radius 1 is 1.35 bits per heavy atom. The number of hydrogen-bond acceptors (Lipinski definition) is 3. The molecule has 110 valence electrons. The lowest BCUT2D eigenvalue weighted by Crippen LogP contribution is -2.43. The summed E-state index contributed by atoms with van der Waals surface area (Å²) in [6.45, 7) is 6.32. The maximum absolute atomic E-state index is 12.1. The largest absolute Gasteiger partial charge is 0.328 e. The molecule has 0 radical (unpaired) electrons. The zero-order valence-corrected chi connectivity index (χ0v) is 13.7. The summed E-state index contributed by atoms with van der Waals surface area (Å²) >= 11 is 3.53. The van der Waals surface area contributed by atoms with Crippen molar-refractivity contribution in [3.05, 3.63) is 27.7 Å². The highest BCUT2D eigenvalue weighted by Gasteiger charge is 2.18. The molecule has 2 rings (SSSR count). The van der Waals surface area contributed by atoms with Crippen LogP contribution in [0.3, 0.4) is 0 Å². The number of benzene rings is 1. The first-order valence-corrected chi connectivity index (χ1v) is 7.79. The van der Waals surface area contributed by atoms with Crippen LogP contribution in [0.25, 0.3) is 0 Å². The van der Waals surface area contributed by atoms with Gasteiger partial charge in [-0.3, -0.25) is 9.69 Å². The number of piperidine rings is 1. The normalized spacial score (nSPS) is 17.2. The van der Waals surface area contributed by atoms with E-state index in [0.29, 0.717) is 12.6 Å². The van der Waals surface area contributed by atoms with E-state index in [9.17, 15) is 4.79 Å². The van der Waals surface area contributed by atoms with E-state index < -0.39 is 0 Å². The highest BCUT2D eigenvalue weighted by atomic mass is 79.9. The first kappa shape index (κ1) is 15.5. The van der Waals surface area contributed by atoms with Gasteiger partial charge in [0.2, 0.25) is 5.91 Å². The smallest absolute Gasteiger partial charge is 0.238 e. The molecule has 4 nitrogen and oxygen atoms in total. The number of rotatable bonds is 3. The first-order chi connectivity index (χ1) is 9.45. The van der Waals surface area contributed by atoms with Crippen molar-refractivity contribution in [1.29, 1.82) is 0 Å². The lowest BCUT2D eigenvalue weighted by Gasteiger charge is -2.29. The second kappa shape index (κ2) is 6.70. The lowest BCUT2D eigenvalue weighted by molar-refractivity contribution is -0.117. The number of halogens is 1. The van der Waals surface area contributed by atoms with Crippen LogP contribution in [0.4, 0.5) is 5.69 Å². The van der Waals surface area contributed by atoms with Gasteiger partial charge in [-0.05, 0) is 49.9 Å². The molecule has 0 aromatic heterocycles. The van der Waals surface area contributed by atoms with Crippen LogP contribution in [0.2, 0.25) is 0 Å². The number of amides is 1. The fourth-order valence-corrected chi connectivity index (χ4v) is 2.76. The summed E-state index contributed by atoms with van der Waals surface area (Å²) in [5.74, 6) is 0.0431. The van der Waals surface area contributed by atoms with Crippen molar-refractivity contribution in [1.82, 2.24) is 4.90 Å². The molecule has 1 heterocycles. The van der Waals surface area contributed by atoms with Crippen LogP contribution >= 0.6 is 15.9 Å². The minimum Gasteiger partial charge on any atom is -0.328 e. The molecule has 5 heteroatoms. The Morgan fingerprint density at radius 3 is 2.45 bits per heavy atom. The van der Waals surface area contributed by atoms with Crippen molar-refractivity contribution in [2.75, 3.05) is 25.0 Å². The van der Waals surface area contributed by atoms with Gasteiger partial charge < -0.3 is 11.1 Å². The number of carbonyl (C=O) groups excluding carboxylic acids is 1. The van der Waals surface area contributed by atoms with Gasteiger partial charge in [0, 0.05) is 29.3 Å². The van der Waals surface area contributed by atoms with Crippen LogP contribution in [-0.2, 0) is 4.79 Å². The number of nitrogens with two attached hydrogens (primary N) is 1. The van der Waals surface area contributed by atoms with E-state index in [1.807, 2.05) is 26.0 Å². The second-order valence-corrected chi connectivity index (χ2v) is 6.38. The average molecular weight is 340 g/mol. The monoisotopic (exact) mass is 339 g/mol. The van der Waals surface area contributed by atoms with E-state index in [1.165, 1.54) is 0 Å². The zero-order valence-electron chi connectivity index (χ0n) is 12.1. The van der Waals surface area contributed by atoms with E-state index in [0.717, 1.165) is 47.2 Å². The van der Waals surface area contributed by atoms with E-state index >= 15 is 0 Å². The van der Waals surface area contributed by atoms with Crippen molar-refractivity contribution in [3.8, 4) is 0 Å². The predicted octanol–water partition coefficient (Wildman–Crippen LogP) is 2.43. The van der Waals surface area contributed by atoms with Crippen molar-refractivity contribution in [2.24, 2.45) is 5.73 Å². The summed E-state index contributed by atoms with van der Waals surface area (Å²) in [5.41, 5.74) is 8.99. The standard InChI is InChI=1S/C15H22BrN3O/c1-10-7-13(8-11(2)15(10)16)18-14(20)9-19-5-3-12(17)4-6-19/h7-8,12H,3-6,9,17H2,1-2H3,(H,18,20). The van der Waals surface area contributed by atoms with Crippen molar-refractivity contribution >= 4 is 27.5 Å². The maximum Gasteiger partial charge on any atom is 0.238 e. The second-order valence-electron chi connectivity index (χ2n) is 5.59. The quantitative estimate of drug-likeness (QED) is 0.889. The SMILES string of the molecule is Cc1cc(NC(=O)CN2CCC(N)CC2)cc(C)c1Br. The summed E-state index contributed by atoms with van der Waals surface area (Å²) in [6.07, 6.45) is 1.95. The Bertz CT molecular complexity index is 473. The summed E-state index contributed by atoms with van der Waals surface area (Å²) in [6, 6.07) is 4.27. The molecule has 20 heavy (non-hydrogen) atoms. The van der Waals surface area contributed by atoms with E-state index in [4.69, 9.17) is 5.73 Å². The summed E-state index contributed by atoms with van der Waals surface area (Å²) < 4.78 is 1.10. The number of hydrogen-bond donors (Lipinski definition) is 2. The first-order valence-electron chi connectivity index (χ1n) is 7.00. The number of carbonyl (C=O) groups is 1. The molecule has 1 aliphatic rings. The van der Waals surface area contributed by atoms with Crippen LogP contribution < -0.4 is 11.1 Å². The van der Waals surface area contributed by atoms with Crippen molar-refractivity contribution < 1.29 is 4.79 Å². The Hall–Kier alpha value is -0.910. The Morgan fingerprint density at radius 2 is 1.90 bits per heavy atom. The Balaban J connectivity index is 1.91. The van der Waals surface area contributed by atoms with Crippen LogP contribution in [0.1, 0.15) is 24.0 Å². The zero-order chi connectivity index (χ0) is 14.7. The maximum atomic E-state index is 12.1. The minimum atomic E-state index is 0.0431. The summed E-state index contributed by atoms with van der Waals surface area (Å²) in [5, 5.41) is 2.98. The van der Waals surface area contributed by atoms with Gasteiger partial charge in [0.25, 0.3) is 0 Å². The van der Waals surface area contributed by atoms with Crippen LogP contribution in [0, 0.1) is 13.8 Å². The molecule has 0 atom stereocenters. The molecule has 0 unspecified atom stereocenters. The van der Waals surface area contributed by atoms with Crippen LogP contribution in [0.15, 0.2) is 16.6 Å². The van der Waals surface area contributed by atoms with Gasteiger partial charge in [0.15, 0.2) is 0 Å². The summed E-state index contributed by atoms with van der Waals surface area (Å²) in [7, 11) is 0. The molecule has 0 bridgehead atoms. The Labute approximate surface area is 128 Å². The highest BCUT2D eigenvalue weighted by Crippen LogP contribution is 2.25. The molecule has 0 aliphatic carbocycles. The third-order valence-electron chi connectivity index (χ3n) is 3.72. The van der Waals surface area contributed by atoms with E-state index in [2.05, 4.69) is 26.1 Å². The average Bonchev–Trinajstić information content (AvgIpc) is 2.38. The van der Waals surface area contributed by atoms with Gasteiger partial charge in [-0.1, -0.05) is 15.9 Å². The van der Waals surface area contributed by atoms with Crippen molar-refractivity contribution in [2.45, 2.75) is 32.7 Å². The number of aryl methyl sites for hydroxylation is 2. The fourth-order valence-electron chi connectivity index (χ4n) is 2.53. The predicted molar refractivity (Wildman–Crippen MR) is 85.9 cm³/mol. The van der Waals surface area contributed by atoms with E-state index in [-0.39, 0.29) is 5.91 Å². The fraction of sp³-hybridized carbons (Fsp3) is 0.533. The third-order valence-corrected chi connectivity index (χ3v) is 4.97. The third kappa shape index (κ3) is 4.04. The molecule has 3 N–H and O–H groups in total. The topological polar surface area (TPSA) is 58.4 Å². The molecule has 0 spiro atoms. The molecule has 1 saturated heterocycles. The number of likely N-dealkylation sites (tertiary alicyclic amines) is 1. The van der Waals surface area contributed by atoms with Gasteiger partial charge in [0.05, 0.1) is 6.54 Å². The number of nitrogens with one attached hydrogen (secondary N) is 1.